The van der Waals surface area contributed by atoms with Crippen molar-refractivity contribution < 1.29 is 4.79 Å². The number of aromatic nitrogens is 2. The van der Waals surface area contributed by atoms with Crippen LogP contribution in [0.25, 0.3) is 0 Å². The molecule has 2 rings (SSSR count). The average molecular weight is 362 g/mol. The number of halogens is 3. The van der Waals surface area contributed by atoms with Crippen molar-refractivity contribution in [1.82, 2.24) is 9.78 Å². The summed E-state index contributed by atoms with van der Waals surface area (Å²) in [6.07, 6.45) is 1.49. The summed E-state index contributed by atoms with van der Waals surface area (Å²) in [6, 6.07) is 5.08. The number of hydrogen-bond donors (Lipinski definition) is 0. The minimum Gasteiger partial charge on any atom is -0.287 e. The fourth-order valence-electron chi connectivity index (χ4n) is 1.72. The number of hydrogen-bond acceptors (Lipinski definition) is 2. The van der Waals surface area contributed by atoms with Gasteiger partial charge in [-0.3, -0.25) is 9.48 Å². The maximum atomic E-state index is 12.5. The fraction of sp³-hybridized carbons (Fsp3) is 0.231. The Labute approximate surface area is 129 Å². The van der Waals surface area contributed by atoms with Gasteiger partial charge in [-0.05, 0) is 48.0 Å². The van der Waals surface area contributed by atoms with Gasteiger partial charge < -0.3 is 0 Å². The molecule has 1 aromatic carbocycles. The Kier molecular flexibility index (Phi) is 4.33. The SMILES string of the molecule is CC(C)n1ncc(Cl)c1C(=O)c1ccc(Cl)c(Br)c1. The Bertz CT molecular complexity index is 638. The van der Waals surface area contributed by atoms with E-state index < -0.39 is 0 Å². The van der Waals surface area contributed by atoms with E-state index in [1.165, 1.54) is 6.20 Å². The highest BCUT2D eigenvalue weighted by atomic mass is 79.9. The summed E-state index contributed by atoms with van der Waals surface area (Å²) in [7, 11) is 0. The van der Waals surface area contributed by atoms with Gasteiger partial charge in [-0.15, -0.1) is 0 Å². The molecule has 1 heterocycles. The normalized spacial score (nSPS) is 11.1. The van der Waals surface area contributed by atoms with Gasteiger partial charge in [0.1, 0.15) is 5.69 Å². The zero-order valence-electron chi connectivity index (χ0n) is 10.3. The third kappa shape index (κ3) is 2.86. The Morgan fingerprint density at radius 2 is 2.00 bits per heavy atom. The van der Waals surface area contributed by atoms with E-state index >= 15 is 0 Å². The van der Waals surface area contributed by atoms with Crippen LogP contribution in [-0.4, -0.2) is 15.6 Å². The maximum Gasteiger partial charge on any atom is 0.212 e. The second-order valence-electron chi connectivity index (χ2n) is 4.34. The average Bonchev–Trinajstić information content (AvgIpc) is 2.74. The molecule has 2 aromatic rings. The second-order valence-corrected chi connectivity index (χ2v) is 6.01. The van der Waals surface area contributed by atoms with Crippen LogP contribution in [0.1, 0.15) is 35.9 Å². The molecule has 1 aromatic heterocycles. The van der Waals surface area contributed by atoms with Crippen LogP contribution < -0.4 is 0 Å². The number of ketones is 1. The minimum atomic E-state index is -0.173. The van der Waals surface area contributed by atoms with Crippen LogP contribution >= 0.6 is 39.1 Å². The van der Waals surface area contributed by atoms with Crippen molar-refractivity contribution in [2.24, 2.45) is 0 Å². The van der Waals surface area contributed by atoms with Gasteiger partial charge in [0.25, 0.3) is 0 Å². The molecule has 0 N–H and O–H groups in total. The van der Waals surface area contributed by atoms with Crippen molar-refractivity contribution in [2.75, 3.05) is 0 Å². The highest BCUT2D eigenvalue weighted by molar-refractivity contribution is 9.10. The molecule has 0 saturated heterocycles. The molecule has 0 aliphatic rings. The number of carbonyl (C=O) groups excluding carboxylic acids is 1. The predicted molar refractivity (Wildman–Crippen MR) is 80.2 cm³/mol. The van der Waals surface area contributed by atoms with Crippen molar-refractivity contribution in [3.63, 3.8) is 0 Å². The van der Waals surface area contributed by atoms with E-state index in [2.05, 4.69) is 21.0 Å². The van der Waals surface area contributed by atoms with Gasteiger partial charge in [0.15, 0.2) is 0 Å². The lowest BCUT2D eigenvalue weighted by Crippen LogP contribution is -2.13. The van der Waals surface area contributed by atoms with Crippen molar-refractivity contribution in [1.29, 1.82) is 0 Å². The van der Waals surface area contributed by atoms with Gasteiger partial charge in [-0.25, -0.2) is 0 Å². The van der Waals surface area contributed by atoms with Crippen LogP contribution in [-0.2, 0) is 0 Å². The fourth-order valence-corrected chi connectivity index (χ4v) is 2.43. The predicted octanol–water partition coefficient (Wildman–Crippen LogP) is 4.76. The standard InChI is InChI=1S/C13H11BrCl2N2O/c1-7(2)18-12(11(16)6-17-18)13(19)8-3-4-10(15)9(14)5-8/h3-7H,1-2H3. The van der Waals surface area contributed by atoms with E-state index in [1.807, 2.05) is 13.8 Å². The monoisotopic (exact) mass is 360 g/mol. The molecule has 0 aliphatic heterocycles. The Morgan fingerprint density at radius 1 is 1.32 bits per heavy atom. The number of nitrogens with zero attached hydrogens (tertiary/aromatic N) is 2. The minimum absolute atomic E-state index is 0.0576. The first-order chi connectivity index (χ1) is 8.91. The van der Waals surface area contributed by atoms with E-state index in [1.54, 1.807) is 22.9 Å². The van der Waals surface area contributed by atoms with Crippen LogP contribution in [0.5, 0.6) is 0 Å². The van der Waals surface area contributed by atoms with Crippen LogP contribution in [0, 0.1) is 0 Å². The molecule has 0 amide bonds. The maximum absolute atomic E-state index is 12.5. The van der Waals surface area contributed by atoms with Crippen LogP contribution in [0.2, 0.25) is 10.0 Å². The van der Waals surface area contributed by atoms with Crippen LogP contribution in [0.4, 0.5) is 0 Å². The first-order valence-electron chi connectivity index (χ1n) is 5.64. The van der Waals surface area contributed by atoms with E-state index in [-0.39, 0.29) is 11.8 Å². The molecule has 100 valence electrons. The number of benzene rings is 1. The summed E-state index contributed by atoms with van der Waals surface area (Å²) in [5.74, 6) is -0.173. The van der Waals surface area contributed by atoms with Gasteiger partial charge in [-0.2, -0.15) is 5.10 Å². The zero-order valence-corrected chi connectivity index (χ0v) is 13.4. The smallest absolute Gasteiger partial charge is 0.212 e. The largest absolute Gasteiger partial charge is 0.287 e. The highest BCUT2D eigenvalue weighted by Crippen LogP contribution is 2.27. The van der Waals surface area contributed by atoms with Gasteiger partial charge in [-0.1, -0.05) is 23.2 Å². The molecule has 3 nitrogen and oxygen atoms in total. The van der Waals surface area contributed by atoms with E-state index in [0.717, 1.165) is 0 Å². The molecule has 0 radical (unpaired) electrons. The molecular formula is C13H11BrCl2N2O. The van der Waals surface area contributed by atoms with E-state index in [0.29, 0.717) is 25.8 Å². The third-order valence-electron chi connectivity index (χ3n) is 2.64. The lowest BCUT2D eigenvalue weighted by atomic mass is 10.1. The summed E-state index contributed by atoms with van der Waals surface area (Å²) in [5, 5.41) is 5.04. The number of carbonyl (C=O) groups is 1. The molecule has 0 spiro atoms. The molecule has 0 fully saturated rings. The molecule has 0 aliphatic carbocycles. The topological polar surface area (TPSA) is 34.9 Å². The lowest BCUT2D eigenvalue weighted by molar-refractivity contribution is 0.102. The first-order valence-corrected chi connectivity index (χ1v) is 7.19. The summed E-state index contributed by atoms with van der Waals surface area (Å²) < 4.78 is 2.29. The summed E-state index contributed by atoms with van der Waals surface area (Å²) in [4.78, 5) is 12.5. The van der Waals surface area contributed by atoms with E-state index in [9.17, 15) is 4.79 Å². The highest BCUT2D eigenvalue weighted by Gasteiger charge is 2.21. The van der Waals surface area contributed by atoms with Crippen LogP contribution in [0.15, 0.2) is 28.9 Å². The van der Waals surface area contributed by atoms with Crippen molar-refractivity contribution in [3.8, 4) is 0 Å². The molecular weight excluding hydrogens is 351 g/mol. The van der Waals surface area contributed by atoms with E-state index in [4.69, 9.17) is 23.2 Å². The van der Waals surface area contributed by atoms with Gasteiger partial charge in [0, 0.05) is 16.1 Å². The van der Waals surface area contributed by atoms with Gasteiger partial charge in [0.05, 0.1) is 16.2 Å². The Morgan fingerprint density at radius 3 is 2.58 bits per heavy atom. The third-order valence-corrected chi connectivity index (χ3v) is 4.13. The van der Waals surface area contributed by atoms with Gasteiger partial charge >= 0.3 is 0 Å². The quantitative estimate of drug-likeness (QED) is 0.738. The van der Waals surface area contributed by atoms with Gasteiger partial charge in [0.2, 0.25) is 5.78 Å². The second kappa shape index (κ2) is 5.65. The summed E-state index contributed by atoms with van der Waals surface area (Å²) in [5.41, 5.74) is 0.909. The molecule has 0 atom stereocenters. The Hall–Kier alpha value is -0.840. The molecule has 0 unspecified atom stereocenters. The van der Waals surface area contributed by atoms with Crippen molar-refractivity contribution >= 4 is 44.9 Å². The Balaban J connectivity index is 2.49. The molecule has 6 heteroatoms. The summed E-state index contributed by atoms with van der Waals surface area (Å²) in [6.45, 7) is 3.88. The lowest BCUT2D eigenvalue weighted by Gasteiger charge is -2.11. The van der Waals surface area contributed by atoms with Crippen LogP contribution in [0.3, 0.4) is 0 Å². The molecule has 19 heavy (non-hydrogen) atoms. The van der Waals surface area contributed by atoms with Crippen molar-refractivity contribution in [2.45, 2.75) is 19.9 Å². The number of rotatable bonds is 3. The van der Waals surface area contributed by atoms with Crippen molar-refractivity contribution in [3.05, 3.63) is 50.2 Å². The first kappa shape index (κ1) is 14.6. The summed E-state index contributed by atoms with van der Waals surface area (Å²) >= 11 is 15.3. The zero-order chi connectivity index (χ0) is 14.2. The molecule has 0 saturated carbocycles. The molecule has 0 bridgehead atoms.